The fraction of sp³-hybridized carbons (Fsp3) is 0.364. The molecule has 3 aliphatic rings. The predicted octanol–water partition coefficient (Wildman–Crippen LogP) is 5.96. The van der Waals surface area contributed by atoms with Crippen molar-refractivity contribution in [3.05, 3.63) is 130 Å². The molecule has 13 heteroatoms. The summed E-state index contributed by atoms with van der Waals surface area (Å²) in [6, 6.07) is 32.3. The molecule has 57 heavy (non-hydrogen) atoms. The van der Waals surface area contributed by atoms with Gasteiger partial charge in [-0.25, -0.2) is 0 Å². The number of halogens is 1. The molecule has 1 aromatic heterocycles. The van der Waals surface area contributed by atoms with Crippen molar-refractivity contribution in [2.24, 2.45) is 5.92 Å². The van der Waals surface area contributed by atoms with Gasteiger partial charge in [0.05, 0.1) is 58.3 Å². The number of aliphatic hydroxyl groups excluding tert-OH is 1. The maximum Gasteiger partial charge on any atom is 0.264 e. The Kier molecular flexibility index (Phi) is 11.0. The lowest BCUT2D eigenvalue weighted by atomic mass is 9.82. The lowest BCUT2D eigenvalue weighted by Crippen LogP contribution is -2.51. The summed E-state index contributed by atoms with van der Waals surface area (Å²) in [6.07, 6.45) is 2.26. The summed E-state index contributed by atoms with van der Waals surface area (Å²) >= 11 is 3.73. The number of nitrogens with zero attached hydrogens (tertiary/aromatic N) is 5. The summed E-state index contributed by atoms with van der Waals surface area (Å²) in [5.74, 6) is 0.347. The second kappa shape index (κ2) is 15.9. The summed E-state index contributed by atoms with van der Waals surface area (Å²) < 4.78 is 15.6. The van der Waals surface area contributed by atoms with Gasteiger partial charge < -0.3 is 29.7 Å². The molecule has 4 heterocycles. The van der Waals surface area contributed by atoms with Gasteiger partial charge in [-0.05, 0) is 65.6 Å². The van der Waals surface area contributed by atoms with E-state index in [9.17, 15) is 9.90 Å². The van der Waals surface area contributed by atoms with E-state index < -0.39 is 13.7 Å². The minimum Gasteiger partial charge on any atom is -0.497 e. The second-order valence-corrected chi connectivity index (χ2v) is 21.5. The highest BCUT2D eigenvalue weighted by molar-refractivity contribution is 9.10. The quantitative estimate of drug-likeness (QED) is 0.148. The molecule has 2 N–H and O–H groups in total. The normalized spacial score (nSPS) is 22.7. The third-order valence-corrected chi connectivity index (χ3v) is 17.3. The topological polar surface area (TPSA) is 122 Å². The van der Waals surface area contributed by atoms with Crippen LogP contribution in [-0.4, -0.2) is 79.4 Å². The molecule has 8 rings (SSSR count). The van der Waals surface area contributed by atoms with Gasteiger partial charge in [-0.1, -0.05) is 101 Å². The summed E-state index contributed by atoms with van der Waals surface area (Å²) in [7, 11) is -0.692. The van der Waals surface area contributed by atoms with Crippen LogP contribution in [0.15, 0.2) is 108 Å². The Morgan fingerprint density at radius 2 is 1.79 bits per heavy atom. The fourth-order valence-corrected chi connectivity index (χ4v) is 13.9. The summed E-state index contributed by atoms with van der Waals surface area (Å²) in [4.78, 5) is 31.6. The number of benzene rings is 4. The average Bonchev–Trinajstić information content (AvgIpc) is 3.88. The molecule has 0 bridgehead atoms. The molecule has 0 aliphatic carbocycles. The zero-order valence-electron chi connectivity index (χ0n) is 32.8. The molecule has 11 nitrogen and oxygen atoms in total. The van der Waals surface area contributed by atoms with Crippen molar-refractivity contribution in [3.8, 4) is 5.75 Å². The maximum atomic E-state index is 15.3. The first-order chi connectivity index (χ1) is 27.5. The Hall–Kier alpha value is -4.66. The van der Waals surface area contributed by atoms with Crippen molar-refractivity contribution in [1.29, 1.82) is 0 Å². The molecule has 1 spiro atoms. The van der Waals surface area contributed by atoms with Crippen LogP contribution in [0.3, 0.4) is 0 Å². The molecule has 2 fully saturated rings. The molecule has 2 amide bonds. The summed E-state index contributed by atoms with van der Waals surface area (Å²) in [6.45, 7) is 9.49. The van der Waals surface area contributed by atoms with Crippen LogP contribution in [0.2, 0.25) is 18.6 Å². The van der Waals surface area contributed by atoms with E-state index in [0.717, 1.165) is 44.8 Å². The van der Waals surface area contributed by atoms with E-state index >= 15 is 4.79 Å². The van der Waals surface area contributed by atoms with Gasteiger partial charge in [0.25, 0.3) is 5.91 Å². The van der Waals surface area contributed by atoms with Crippen molar-refractivity contribution in [3.63, 3.8) is 0 Å². The van der Waals surface area contributed by atoms with E-state index in [2.05, 4.69) is 69.8 Å². The summed E-state index contributed by atoms with van der Waals surface area (Å²) in [5, 5.41) is 23.7. The molecule has 296 valence electrons. The van der Waals surface area contributed by atoms with Crippen LogP contribution in [0.25, 0.3) is 0 Å². The van der Waals surface area contributed by atoms with Crippen LogP contribution in [-0.2, 0) is 33.0 Å². The van der Waals surface area contributed by atoms with Gasteiger partial charge in [-0.15, -0.1) is 5.10 Å². The second-order valence-electron chi connectivity index (χ2n) is 15.9. The predicted molar refractivity (Wildman–Crippen MR) is 227 cm³/mol. The minimum absolute atomic E-state index is 0.0496. The van der Waals surface area contributed by atoms with Gasteiger partial charge in [-0.3, -0.25) is 14.3 Å². The molecule has 3 aliphatic heterocycles. The third-order valence-electron chi connectivity index (χ3n) is 12.4. The van der Waals surface area contributed by atoms with Gasteiger partial charge in [0.2, 0.25) is 5.91 Å². The van der Waals surface area contributed by atoms with Crippen LogP contribution < -0.4 is 25.0 Å². The zero-order valence-corrected chi connectivity index (χ0v) is 35.4. The smallest absolute Gasteiger partial charge is 0.264 e. The number of ether oxygens (including phenoxy) is 2. The van der Waals surface area contributed by atoms with Gasteiger partial charge in [0.1, 0.15) is 5.75 Å². The minimum atomic E-state index is -2.37. The lowest BCUT2D eigenvalue weighted by Gasteiger charge is -2.37. The molecular weight excluding hydrogens is 801 g/mol. The molecule has 4 aromatic carbocycles. The first-order valence-electron chi connectivity index (χ1n) is 19.7. The first-order valence-corrected chi connectivity index (χ1v) is 23.5. The van der Waals surface area contributed by atoms with Gasteiger partial charge in [0.15, 0.2) is 5.60 Å². The van der Waals surface area contributed by atoms with E-state index in [1.54, 1.807) is 12.0 Å². The number of nitrogens with one attached hydrogen (secondary N) is 1. The Morgan fingerprint density at radius 1 is 1.04 bits per heavy atom. The molecule has 0 saturated carbocycles. The van der Waals surface area contributed by atoms with Crippen LogP contribution in [0.5, 0.6) is 5.75 Å². The van der Waals surface area contributed by atoms with E-state index in [4.69, 9.17) is 9.47 Å². The first kappa shape index (κ1) is 39.2. The third kappa shape index (κ3) is 7.14. The standard InChI is InChI=1S/C44H49BrN6O5Si/c1-29-42(57(3,4)35-17-15-34(55-2)16-18-35)40(20-22-49-27-38(47-48-49)36(28-52)31-8-6-5-7-9-31)56-44(29)37-24-32(45)12-19-39(37)51(43(44)54)26-30-10-13-33(14-11-30)50-23-21-46-25-41(50)53/h5-19,24,27,29,36,40,42,46,52H,20-23,25-26,28H2,1-4H3/t29-,36?,40+,42-,44+/m1/s1. The number of carbonyl (C=O) groups is 2. The number of rotatable bonds is 12. The number of amides is 2. The van der Waals surface area contributed by atoms with E-state index in [1.165, 1.54) is 5.19 Å². The Morgan fingerprint density at radius 3 is 2.49 bits per heavy atom. The van der Waals surface area contributed by atoms with Crippen LogP contribution >= 0.6 is 15.9 Å². The van der Waals surface area contributed by atoms with Crippen molar-refractivity contribution >= 4 is 52.4 Å². The zero-order chi connectivity index (χ0) is 39.9. The molecule has 2 saturated heterocycles. The number of anilines is 2. The number of fused-ring (bicyclic) bond motifs is 2. The largest absolute Gasteiger partial charge is 0.497 e. The highest BCUT2D eigenvalue weighted by atomic mass is 79.9. The number of hydrogen-bond donors (Lipinski definition) is 2. The number of carbonyl (C=O) groups excluding carboxylic acids is 2. The number of piperazine rings is 1. The fourth-order valence-electron chi connectivity index (χ4n) is 9.45. The van der Waals surface area contributed by atoms with E-state index in [-0.39, 0.29) is 41.9 Å². The lowest BCUT2D eigenvalue weighted by molar-refractivity contribution is -0.146. The molecule has 5 atom stereocenters. The van der Waals surface area contributed by atoms with Gasteiger partial charge in [0, 0.05) is 47.5 Å². The van der Waals surface area contributed by atoms with Crippen molar-refractivity contribution in [2.45, 2.75) is 62.7 Å². The van der Waals surface area contributed by atoms with E-state index in [0.29, 0.717) is 38.3 Å². The molecule has 1 unspecified atom stereocenters. The summed E-state index contributed by atoms with van der Waals surface area (Å²) in [5.41, 5.74) is 4.07. The Labute approximate surface area is 343 Å². The maximum absolute atomic E-state index is 15.3. The SMILES string of the molecule is COc1ccc([Si](C)(C)[C@H]2[C@H](CCn3cc(C(CO)c4ccccc4)nn3)O[C@@]3(C(=O)N(Cc4ccc(N5CCNCC5=O)cc4)c4ccc(Br)cc43)[C@@H]2C)cc1. The number of aromatic nitrogens is 3. The van der Waals surface area contributed by atoms with Crippen LogP contribution in [0.1, 0.15) is 41.6 Å². The molecular formula is C44H49BrN6O5Si. The number of aliphatic hydroxyl groups is 1. The average molecular weight is 850 g/mol. The van der Waals surface area contributed by atoms with Crippen molar-refractivity contribution in [2.75, 3.05) is 43.2 Å². The Balaban J connectivity index is 1.12. The number of methoxy groups -OCH3 is 1. The van der Waals surface area contributed by atoms with Gasteiger partial charge in [-0.2, -0.15) is 0 Å². The monoisotopic (exact) mass is 848 g/mol. The highest BCUT2D eigenvalue weighted by Gasteiger charge is 2.66. The number of aryl methyl sites for hydroxylation is 1. The van der Waals surface area contributed by atoms with Crippen molar-refractivity contribution < 1.29 is 24.2 Å². The highest BCUT2D eigenvalue weighted by Crippen LogP contribution is 2.60. The van der Waals surface area contributed by atoms with Gasteiger partial charge >= 0.3 is 0 Å². The van der Waals surface area contributed by atoms with Crippen LogP contribution in [0.4, 0.5) is 11.4 Å². The molecule has 0 radical (unpaired) electrons. The Bertz CT molecular complexity index is 2240. The molecule has 5 aromatic rings. The number of hydrogen-bond acceptors (Lipinski definition) is 8. The van der Waals surface area contributed by atoms with Crippen LogP contribution in [0, 0.1) is 5.92 Å². The van der Waals surface area contributed by atoms with E-state index in [1.807, 2.05) is 94.6 Å². The van der Waals surface area contributed by atoms with Crippen molar-refractivity contribution in [1.82, 2.24) is 20.3 Å².